The molecule has 0 spiro atoms. The molecule has 0 fully saturated rings. The summed E-state index contributed by atoms with van der Waals surface area (Å²) in [4.78, 5) is 26.4. The van der Waals surface area contributed by atoms with Gasteiger partial charge in [0.05, 0.1) is 11.8 Å². The summed E-state index contributed by atoms with van der Waals surface area (Å²) >= 11 is 2.75. The molecule has 3 heterocycles. The number of hydrogen-bond donors (Lipinski definition) is 2. The third-order valence-electron chi connectivity index (χ3n) is 4.55. The lowest BCUT2D eigenvalue weighted by Crippen LogP contribution is -2.14. The lowest BCUT2D eigenvalue weighted by molar-refractivity contribution is 0.102. The molecule has 0 bridgehead atoms. The Morgan fingerprint density at radius 3 is 2.67 bits per heavy atom. The van der Waals surface area contributed by atoms with Gasteiger partial charge in [-0.05, 0) is 66.9 Å². The van der Waals surface area contributed by atoms with Crippen LogP contribution in [0.5, 0.6) is 0 Å². The molecule has 33 heavy (non-hydrogen) atoms. The van der Waals surface area contributed by atoms with Crippen LogP contribution in [0.1, 0.15) is 31.9 Å². The Balaban J connectivity index is 1.45. The highest BCUT2D eigenvalue weighted by atomic mass is 32.2. The predicted molar refractivity (Wildman–Crippen MR) is 132 cm³/mol. The van der Waals surface area contributed by atoms with Crippen LogP contribution >= 0.6 is 23.1 Å². The minimum Gasteiger partial charge on any atom is -0.322 e. The fraction of sp³-hybridized carbons (Fsp3) is 0.125. The largest absolute Gasteiger partial charge is 0.322 e. The maximum absolute atomic E-state index is 12.9. The first-order valence-corrected chi connectivity index (χ1v) is 11.9. The van der Waals surface area contributed by atoms with E-state index in [9.17, 15) is 4.79 Å². The smallest absolute Gasteiger partial charge is 0.258 e. The maximum atomic E-state index is 12.9. The molecule has 0 saturated heterocycles. The highest BCUT2D eigenvalue weighted by Gasteiger charge is 2.14. The number of aromatic nitrogens is 3. The van der Waals surface area contributed by atoms with Gasteiger partial charge in [-0.1, -0.05) is 17.4 Å². The average molecular weight is 473 g/mol. The van der Waals surface area contributed by atoms with Gasteiger partial charge in [0.1, 0.15) is 21.8 Å². The van der Waals surface area contributed by atoms with Crippen molar-refractivity contribution in [3.05, 3.63) is 88.2 Å². The summed E-state index contributed by atoms with van der Waals surface area (Å²) < 4.78 is 0. The number of thiazole rings is 1. The molecular weight excluding hydrogens is 452 g/mol. The topological polar surface area (TPSA) is 104 Å². The summed E-state index contributed by atoms with van der Waals surface area (Å²) in [6.45, 7) is 4.01. The van der Waals surface area contributed by atoms with Crippen molar-refractivity contribution in [2.24, 2.45) is 0 Å². The van der Waals surface area contributed by atoms with Crippen LogP contribution in [0.3, 0.4) is 0 Å². The second-order valence-electron chi connectivity index (χ2n) is 7.29. The van der Waals surface area contributed by atoms with Crippen LogP contribution in [0.15, 0.2) is 66.1 Å². The summed E-state index contributed by atoms with van der Waals surface area (Å²) in [6.07, 6.45) is 4.92. The Hall–Kier alpha value is -3.74. The number of nitrogens with zero attached hydrogens (tertiary/aromatic N) is 4. The molecule has 0 aliphatic carbocycles. The second-order valence-corrected chi connectivity index (χ2v) is 9.29. The van der Waals surface area contributed by atoms with Crippen molar-refractivity contribution < 1.29 is 4.79 Å². The molecule has 0 aliphatic heterocycles. The van der Waals surface area contributed by atoms with Gasteiger partial charge in [0.25, 0.3) is 5.91 Å². The first kappa shape index (κ1) is 22.5. The van der Waals surface area contributed by atoms with Gasteiger partial charge < -0.3 is 10.6 Å². The molecule has 4 rings (SSSR count). The number of hydrogen-bond acceptors (Lipinski definition) is 8. The van der Waals surface area contributed by atoms with Crippen LogP contribution in [0.2, 0.25) is 0 Å². The Bertz CT molecular complexity index is 1320. The van der Waals surface area contributed by atoms with Gasteiger partial charge in [0, 0.05) is 23.8 Å². The van der Waals surface area contributed by atoms with E-state index in [1.54, 1.807) is 24.5 Å². The zero-order valence-corrected chi connectivity index (χ0v) is 19.6. The molecule has 9 heteroatoms. The van der Waals surface area contributed by atoms with Gasteiger partial charge >= 0.3 is 0 Å². The second kappa shape index (κ2) is 10.3. The molecular formula is C24H20N6OS2. The number of carbonyl (C=O) groups is 1. The van der Waals surface area contributed by atoms with Gasteiger partial charge in [0.15, 0.2) is 5.13 Å². The number of nitrogens with one attached hydrogen (secondary N) is 2. The molecule has 2 N–H and O–H groups in total. The number of anilines is 3. The number of nitriles is 1. The predicted octanol–water partition coefficient (Wildman–Crippen LogP) is 5.71. The number of benzene rings is 1. The molecule has 4 aromatic rings. The van der Waals surface area contributed by atoms with Crippen molar-refractivity contribution in [3.8, 4) is 6.07 Å². The number of amides is 1. The van der Waals surface area contributed by atoms with Gasteiger partial charge in [-0.25, -0.2) is 15.0 Å². The molecule has 3 aromatic heterocycles. The molecule has 1 aromatic carbocycles. The van der Waals surface area contributed by atoms with Crippen molar-refractivity contribution in [1.29, 1.82) is 5.26 Å². The molecule has 7 nitrogen and oxygen atoms in total. The third-order valence-corrected chi connectivity index (χ3v) is 6.44. The Morgan fingerprint density at radius 1 is 1.09 bits per heavy atom. The van der Waals surface area contributed by atoms with E-state index >= 15 is 0 Å². The van der Waals surface area contributed by atoms with E-state index in [4.69, 9.17) is 5.26 Å². The SMILES string of the molecule is Cc1cc(C)cc(NC(=O)c2cccnc2SCc2ccnc(Nc3ncc(C#N)s3)c2)c1. The van der Waals surface area contributed by atoms with E-state index in [0.717, 1.165) is 22.4 Å². The van der Waals surface area contributed by atoms with E-state index in [-0.39, 0.29) is 5.91 Å². The van der Waals surface area contributed by atoms with Gasteiger partial charge in [-0.2, -0.15) is 5.26 Å². The third kappa shape index (κ3) is 5.94. The zero-order chi connectivity index (χ0) is 23.2. The van der Waals surface area contributed by atoms with Crippen molar-refractivity contribution >= 4 is 45.6 Å². The van der Waals surface area contributed by atoms with Crippen LogP contribution in [-0.4, -0.2) is 20.9 Å². The minimum atomic E-state index is -0.190. The molecule has 164 valence electrons. The molecule has 0 aliphatic rings. The number of carbonyl (C=O) groups excluding carboxylic acids is 1. The van der Waals surface area contributed by atoms with Crippen molar-refractivity contribution in [2.45, 2.75) is 24.6 Å². The monoisotopic (exact) mass is 472 g/mol. The van der Waals surface area contributed by atoms with Crippen LogP contribution in [0.4, 0.5) is 16.6 Å². The van der Waals surface area contributed by atoms with Gasteiger partial charge in [-0.15, -0.1) is 11.8 Å². The molecule has 0 saturated carbocycles. The van der Waals surface area contributed by atoms with E-state index in [0.29, 0.717) is 32.2 Å². The van der Waals surface area contributed by atoms with Crippen molar-refractivity contribution in [3.63, 3.8) is 0 Å². The number of pyridine rings is 2. The van der Waals surface area contributed by atoms with Crippen LogP contribution < -0.4 is 10.6 Å². The lowest BCUT2D eigenvalue weighted by Gasteiger charge is -2.11. The summed E-state index contributed by atoms with van der Waals surface area (Å²) in [6, 6.07) is 15.4. The van der Waals surface area contributed by atoms with Crippen molar-refractivity contribution in [2.75, 3.05) is 10.6 Å². The fourth-order valence-corrected chi connectivity index (χ4v) is 4.76. The standard InChI is InChI=1S/C24H20N6OS2/c1-15-8-16(2)10-18(9-15)29-22(31)20-4-3-6-27-23(20)32-14-17-5-7-26-21(11-17)30-24-28-13-19(12-25)33-24/h3-11,13H,14H2,1-2H3,(H,29,31)(H,26,28,30). The lowest BCUT2D eigenvalue weighted by atomic mass is 10.1. The summed E-state index contributed by atoms with van der Waals surface area (Å²) in [5.41, 5.74) is 4.50. The summed E-state index contributed by atoms with van der Waals surface area (Å²) in [5.74, 6) is 1.06. The minimum absolute atomic E-state index is 0.190. The summed E-state index contributed by atoms with van der Waals surface area (Å²) in [7, 11) is 0. The van der Waals surface area contributed by atoms with E-state index in [1.165, 1.54) is 29.3 Å². The zero-order valence-electron chi connectivity index (χ0n) is 18.0. The van der Waals surface area contributed by atoms with Gasteiger partial charge in [-0.3, -0.25) is 4.79 Å². The Kier molecular flexibility index (Phi) is 6.98. The average Bonchev–Trinajstić information content (AvgIpc) is 3.25. The van der Waals surface area contributed by atoms with E-state index in [1.807, 2.05) is 38.1 Å². The van der Waals surface area contributed by atoms with Crippen LogP contribution in [0, 0.1) is 25.2 Å². The fourth-order valence-electron chi connectivity index (χ4n) is 3.20. The van der Waals surface area contributed by atoms with E-state index < -0.39 is 0 Å². The first-order chi connectivity index (χ1) is 16.0. The number of thioether (sulfide) groups is 1. The number of aryl methyl sites for hydroxylation is 2. The summed E-state index contributed by atoms with van der Waals surface area (Å²) in [5, 5.41) is 16.3. The van der Waals surface area contributed by atoms with Crippen LogP contribution in [0.25, 0.3) is 0 Å². The molecule has 0 unspecified atom stereocenters. The maximum Gasteiger partial charge on any atom is 0.258 e. The van der Waals surface area contributed by atoms with E-state index in [2.05, 4.69) is 37.7 Å². The quantitative estimate of drug-likeness (QED) is 0.332. The molecule has 0 atom stereocenters. The van der Waals surface area contributed by atoms with Gasteiger partial charge in [0.2, 0.25) is 0 Å². The van der Waals surface area contributed by atoms with Crippen LogP contribution in [-0.2, 0) is 5.75 Å². The molecule has 1 amide bonds. The highest BCUT2D eigenvalue weighted by molar-refractivity contribution is 7.98. The Morgan fingerprint density at radius 2 is 1.91 bits per heavy atom. The number of rotatable bonds is 7. The first-order valence-electron chi connectivity index (χ1n) is 10.1. The normalized spacial score (nSPS) is 10.5. The Labute approximate surface area is 200 Å². The van der Waals surface area contributed by atoms with Crippen molar-refractivity contribution in [1.82, 2.24) is 15.0 Å². The highest BCUT2D eigenvalue weighted by Crippen LogP contribution is 2.27. The molecule has 0 radical (unpaired) electrons.